The Bertz CT molecular complexity index is 1150. The maximum atomic E-state index is 12.8. The highest BCUT2D eigenvalue weighted by Crippen LogP contribution is 2.35. The van der Waals surface area contributed by atoms with Gasteiger partial charge in [-0.3, -0.25) is 10.2 Å². The number of esters is 1. The molecule has 1 fully saturated rings. The molecule has 0 aliphatic carbocycles. The number of fused-ring (bicyclic) bond motifs is 2. The second-order valence-electron chi connectivity index (χ2n) is 7.56. The number of hydrogen-bond donors (Lipinski definition) is 3. The maximum absolute atomic E-state index is 12.8. The molecule has 1 amide bonds. The number of nitrogens with zero attached hydrogens (tertiary/aromatic N) is 2. The Morgan fingerprint density at radius 2 is 1.84 bits per heavy atom. The van der Waals surface area contributed by atoms with Gasteiger partial charge < -0.3 is 15.8 Å². The lowest BCUT2D eigenvalue weighted by molar-refractivity contribution is -0.663. The molecule has 10 nitrogen and oxygen atoms in total. The van der Waals surface area contributed by atoms with Crippen molar-refractivity contribution in [2.45, 2.75) is 25.0 Å². The van der Waals surface area contributed by atoms with Crippen molar-refractivity contribution in [3.8, 4) is 0 Å². The topological polar surface area (TPSA) is 152 Å². The molecule has 0 bridgehead atoms. The van der Waals surface area contributed by atoms with Gasteiger partial charge in [0.2, 0.25) is 0 Å². The van der Waals surface area contributed by atoms with Crippen molar-refractivity contribution in [1.82, 2.24) is 5.01 Å². The number of nitrogens with one attached hydrogen (secondary N) is 2. The zero-order valence-electron chi connectivity index (χ0n) is 17.0. The van der Waals surface area contributed by atoms with Crippen molar-refractivity contribution in [2.24, 2.45) is 5.73 Å². The lowest BCUT2D eigenvalue weighted by Crippen LogP contribution is -2.53. The molecule has 2 aromatic rings. The second kappa shape index (κ2) is 8.50. The summed E-state index contributed by atoms with van der Waals surface area (Å²) in [5.74, 6) is -1.26. The lowest BCUT2D eigenvalue weighted by Gasteiger charge is -2.32. The Balaban J connectivity index is 1.63. The fraction of sp³-hybridized carbons (Fsp3) is 0.227. The highest BCUT2D eigenvalue weighted by atomic mass is 16.7. The molecule has 10 heteroatoms. The standard InChI is InChI=1S/C22H21N5O5/c23-21(24)19-11-13(9-10-26(19)27(30)31)32-20(28)12-17-14-5-1-2-7-16(14)22(29)25-18-8-4-3-6-15(17)18/h1-8,12-13,19H,9-11H2,(H3,23,24)(H,25,29). The van der Waals surface area contributed by atoms with E-state index >= 15 is 0 Å². The zero-order valence-corrected chi connectivity index (χ0v) is 17.0. The third-order valence-corrected chi connectivity index (χ3v) is 5.57. The number of nitro groups is 1. The van der Waals surface area contributed by atoms with Crippen molar-refractivity contribution < 1.29 is 19.4 Å². The number of hydrogen-bond acceptors (Lipinski definition) is 6. The molecule has 2 aliphatic rings. The van der Waals surface area contributed by atoms with Crippen LogP contribution in [-0.4, -0.2) is 46.4 Å². The largest absolute Gasteiger partial charge is 0.459 e. The smallest absolute Gasteiger partial charge is 0.331 e. The van der Waals surface area contributed by atoms with Gasteiger partial charge in [0.05, 0.1) is 6.54 Å². The first-order valence-corrected chi connectivity index (χ1v) is 10.0. The molecule has 2 unspecified atom stereocenters. The summed E-state index contributed by atoms with van der Waals surface area (Å²) >= 11 is 0. The molecule has 0 aromatic heterocycles. The van der Waals surface area contributed by atoms with Crippen LogP contribution in [0.15, 0.2) is 54.6 Å². The summed E-state index contributed by atoms with van der Waals surface area (Å²) in [6.45, 7) is 0.00978. The first kappa shape index (κ1) is 21.0. The van der Waals surface area contributed by atoms with E-state index in [1.54, 1.807) is 42.5 Å². The van der Waals surface area contributed by atoms with Crippen molar-refractivity contribution in [3.05, 3.63) is 81.4 Å². The summed E-state index contributed by atoms with van der Waals surface area (Å²) in [5, 5.41) is 22.0. The van der Waals surface area contributed by atoms with Gasteiger partial charge in [-0.25, -0.2) is 14.9 Å². The van der Waals surface area contributed by atoms with E-state index in [0.717, 1.165) is 5.01 Å². The molecule has 0 spiro atoms. The normalized spacial score (nSPS) is 21.1. The van der Waals surface area contributed by atoms with Gasteiger partial charge >= 0.3 is 5.97 Å². The number of rotatable bonds is 4. The summed E-state index contributed by atoms with van der Waals surface area (Å²) in [6, 6.07) is 13.2. The minimum Gasteiger partial charge on any atom is -0.459 e. The average molecular weight is 435 g/mol. The summed E-state index contributed by atoms with van der Waals surface area (Å²) in [4.78, 5) is 36.7. The minimum atomic E-state index is -0.939. The Labute approximate surface area is 183 Å². The summed E-state index contributed by atoms with van der Waals surface area (Å²) in [7, 11) is 0. The number of nitrogens with two attached hydrogens (primary N) is 1. The number of piperidine rings is 1. The summed E-state index contributed by atoms with van der Waals surface area (Å²) < 4.78 is 5.58. The van der Waals surface area contributed by atoms with Crippen LogP contribution >= 0.6 is 0 Å². The van der Waals surface area contributed by atoms with E-state index in [2.05, 4.69) is 5.32 Å². The Hall–Kier alpha value is -4.21. The SMILES string of the molecule is N=C(N)C1CC(OC(=O)C=C2c3ccccc3NC(=O)c3ccccc32)CCN1[N+](=O)[O-]. The zero-order chi connectivity index (χ0) is 22.8. The summed E-state index contributed by atoms with van der Waals surface area (Å²) in [6.07, 6.45) is 1.01. The van der Waals surface area contributed by atoms with E-state index in [-0.39, 0.29) is 31.1 Å². The van der Waals surface area contributed by atoms with Gasteiger partial charge in [-0.2, -0.15) is 0 Å². The van der Waals surface area contributed by atoms with Crippen LogP contribution in [0.1, 0.15) is 34.3 Å². The van der Waals surface area contributed by atoms with Gasteiger partial charge in [-0.15, -0.1) is 5.01 Å². The van der Waals surface area contributed by atoms with E-state index in [4.69, 9.17) is 15.9 Å². The number of hydrazine groups is 1. The molecule has 0 saturated carbocycles. The van der Waals surface area contributed by atoms with Crippen LogP contribution in [0, 0.1) is 15.5 Å². The number of amides is 1. The van der Waals surface area contributed by atoms with Crippen LogP contribution in [0.2, 0.25) is 0 Å². The fourth-order valence-corrected chi connectivity index (χ4v) is 4.06. The van der Waals surface area contributed by atoms with Crippen molar-refractivity contribution in [2.75, 3.05) is 11.9 Å². The minimum absolute atomic E-state index is 0.00978. The number of carbonyl (C=O) groups excluding carboxylic acids is 2. The molecule has 2 heterocycles. The number of carbonyl (C=O) groups is 2. The molecular weight excluding hydrogens is 414 g/mol. The Morgan fingerprint density at radius 1 is 1.19 bits per heavy atom. The lowest BCUT2D eigenvalue weighted by atomic mass is 9.94. The van der Waals surface area contributed by atoms with Crippen LogP contribution < -0.4 is 11.1 Å². The Morgan fingerprint density at radius 3 is 2.53 bits per heavy atom. The number of ether oxygens (including phenoxy) is 1. The van der Waals surface area contributed by atoms with Crippen LogP contribution in [0.5, 0.6) is 0 Å². The van der Waals surface area contributed by atoms with Crippen LogP contribution in [0.4, 0.5) is 5.69 Å². The molecule has 0 radical (unpaired) electrons. The van der Waals surface area contributed by atoms with Gasteiger partial charge in [0, 0.05) is 35.7 Å². The first-order valence-electron chi connectivity index (χ1n) is 10.0. The number of amidine groups is 1. The van der Waals surface area contributed by atoms with Gasteiger partial charge in [-0.1, -0.05) is 36.4 Å². The fourth-order valence-electron chi connectivity index (χ4n) is 4.06. The van der Waals surface area contributed by atoms with Gasteiger partial charge in [0.25, 0.3) is 5.91 Å². The van der Waals surface area contributed by atoms with E-state index < -0.39 is 23.1 Å². The highest BCUT2D eigenvalue weighted by molar-refractivity contribution is 6.14. The molecule has 2 aliphatic heterocycles. The van der Waals surface area contributed by atoms with Gasteiger partial charge in [0.1, 0.15) is 18.0 Å². The number of anilines is 1. The molecule has 164 valence electrons. The molecular formula is C22H21N5O5. The molecule has 4 rings (SSSR count). The third kappa shape index (κ3) is 4.02. The van der Waals surface area contributed by atoms with E-state index in [1.807, 2.05) is 6.07 Å². The summed E-state index contributed by atoms with van der Waals surface area (Å²) in [5.41, 5.74) is 8.32. The molecule has 32 heavy (non-hydrogen) atoms. The predicted octanol–water partition coefficient (Wildman–Crippen LogP) is 2.19. The van der Waals surface area contributed by atoms with Crippen molar-refractivity contribution >= 4 is 29.0 Å². The van der Waals surface area contributed by atoms with Crippen LogP contribution in [0.25, 0.3) is 5.57 Å². The van der Waals surface area contributed by atoms with Gasteiger partial charge in [-0.05, 0) is 23.3 Å². The Kier molecular flexibility index (Phi) is 5.59. The molecule has 1 saturated heterocycles. The average Bonchev–Trinajstić information content (AvgIpc) is 2.88. The first-order chi connectivity index (χ1) is 15.3. The molecule has 2 aromatic carbocycles. The second-order valence-corrected chi connectivity index (χ2v) is 7.56. The van der Waals surface area contributed by atoms with Crippen LogP contribution in [0.3, 0.4) is 0 Å². The number of para-hydroxylation sites is 1. The van der Waals surface area contributed by atoms with E-state index in [9.17, 15) is 19.7 Å². The maximum Gasteiger partial charge on any atom is 0.331 e. The van der Waals surface area contributed by atoms with Crippen LogP contribution in [-0.2, 0) is 9.53 Å². The van der Waals surface area contributed by atoms with Crippen molar-refractivity contribution in [3.63, 3.8) is 0 Å². The molecule has 4 N–H and O–H groups in total. The monoisotopic (exact) mass is 435 g/mol. The molecule has 2 atom stereocenters. The van der Waals surface area contributed by atoms with Gasteiger partial charge in [0.15, 0.2) is 5.03 Å². The predicted molar refractivity (Wildman–Crippen MR) is 116 cm³/mol. The third-order valence-electron chi connectivity index (χ3n) is 5.57. The quantitative estimate of drug-likeness (QED) is 0.166. The number of benzene rings is 2. The van der Waals surface area contributed by atoms with E-state index in [1.165, 1.54) is 6.08 Å². The van der Waals surface area contributed by atoms with E-state index in [0.29, 0.717) is 28.0 Å². The van der Waals surface area contributed by atoms with Crippen molar-refractivity contribution in [1.29, 1.82) is 5.41 Å². The highest BCUT2D eigenvalue weighted by Gasteiger charge is 2.38.